The first kappa shape index (κ1) is 32.6. The third kappa shape index (κ3) is 11.2. The minimum absolute atomic E-state index is 0.0190. The Morgan fingerprint density at radius 3 is 1.54 bits per heavy atom. The number of hydrogen-bond donors (Lipinski definition) is 8. The Bertz CT molecular complexity index is 1220. The minimum atomic E-state index is -1.57. The Morgan fingerprint density at radius 1 is 0.683 bits per heavy atom. The normalized spacial score (nSPS) is 13.9. The largest absolute Gasteiger partial charge is 0.508 e. The molecule has 222 valence electrons. The topological polar surface area (TPSA) is 228 Å². The summed E-state index contributed by atoms with van der Waals surface area (Å²) in [5, 5.41) is 45.2. The lowest BCUT2D eigenvalue weighted by molar-refractivity contribution is -0.143. The molecule has 2 aromatic rings. The lowest BCUT2D eigenvalue weighted by Crippen LogP contribution is -2.58. The molecule has 0 spiro atoms. The van der Waals surface area contributed by atoms with Crippen LogP contribution >= 0.6 is 0 Å². The molecule has 13 heteroatoms. The molecule has 0 saturated carbocycles. The molecule has 9 N–H and O–H groups in total. The van der Waals surface area contributed by atoms with Crippen molar-refractivity contribution in [1.82, 2.24) is 16.0 Å². The summed E-state index contributed by atoms with van der Waals surface area (Å²) < 4.78 is 0. The Balaban J connectivity index is 2.28. The van der Waals surface area contributed by atoms with Gasteiger partial charge in [0.25, 0.3) is 0 Å². The van der Waals surface area contributed by atoms with Crippen LogP contribution in [0.25, 0.3) is 0 Å². The highest BCUT2D eigenvalue weighted by molar-refractivity contribution is 5.95. The quantitative estimate of drug-likeness (QED) is 0.145. The molecule has 0 aliphatic rings. The van der Waals surface area contributed by atoms with Crippen molar-refractivity contribution >= 4 is 29.7 Å². The number of hydrogen-bond acceptors (Lipinski definition) is 8. The lowest BCUT2D eigenvalue weighted by Gasteiger charge is -2.25. The summed E-state index contributed by atoms with van der Waals surface area (Å²) in [4.78, 5) is 62.4. The highest BCUT2D eigenvalue weighted by Gasteiger charge is 2.32. The number of carbonyl (C=O) groups is 5. The highest BCUT2D eigenvalue weighted by Crippen LogP contribution is 2.14. The molecule has 13 nitrogen and oxygen atoms in total. The lowest BCUT2D eigenvalue weighted by atomic mass is 10.0. The molecule has 4 atom stereocenters. The van der Waals surface area contributed by atoms with Gasteiger partial charge in [0.2, 0.25) is 17.7 Å². The predicted molar refractivity (Wildman–Crippen MR) is 147 cm³/mol. The van der Waals surface area contributed by atoms with Crippen molar-refractivity contribution in [2.45, 2.75) is 63.7 Å². The first-order chi connectivity index (χ1) is 19.2. The molecule has 0 fully saturated rings. The minimum Gasteiger partial charge on any atom is -0.508 e. The van der Waals surface area contributed by atoms with Gasteiger partial charge in [-0.3, -0.25) is 19.2 Å². The zero-order valence-electron chi connectivity index (χ0n) is 22.7. The average molecular weight is 573 g/mol. The van der Waals surface area contributed by atoms with Crippen LogP contribution in [0.5, 0.6) is 11.5 Å². The van der Waals surface area contributed by atoms with Gasteiger partial charge in [-0.2, -0.15) is 0 Å². The van der Waals surface area contributed by atoms with Gasteiger partial charge in [-0.15, -0.1) is 0 Å². The van der Waals surface area contributed by atoms with Crippen LogP contribution in [-0.2, 0) is 36.8 Å². The summed E-state index contributed by atoms with van der Waals surface area (Å²) in [7, 11) is 0. The Kier molecular flexibility index (Phi) is 12.1. The maximum Gasteiger partial charge on any atom is 0.326 e. The summed E-state index contributed by atoms with van der Waals surface area (Å²) in [6.07, 6.45) is -0.786. The number of carboxylic acids is 2. The van der Waals surface area contributed by atoms with E-state index in [1.807, 2.05) is 13.8 Å². The molecule has 0 aliphatic carbocycles. The summed E-state index contributed by atoms with van der Waals surface area (Å²) >= 11 is 0. The molecule has 0 radical (unpaired) electrons. The molecule has 0 aromatic heterocycles. The van der Waals surface area contributed by atoms with Crippen LogP contribution in [0.3, 0.4) is 0 Å². The Morgan fingerprint density at radius 2 is 1.10 bits per heavy atom. The number of aromatic hydroxyl groups is 2. The van der Waals surface area contributed by atoms with Gasteiger partial charge in [0.15, 0.2) is 0 Å². The van der Waals surface area contributed by atoms with E-state index in [0.717, 1.165) is 0 Å². The van der Waals surface area contributed by atoms with Crippen LogP contribution in [0.4, 0.5) is 0 Å². The SMILES string of the molecule is CC(C)CC(N)C(=O)NC(CC(=O)O)C(=O)NC(Cc1ccc(O)cc1)C(=O)NC(Cc1ccc(O)cc1)C(=O)O. The molecule has 2 aromatic carbocycles. The van der Waals surface area contributed by atoms with Crippen molar-refractivity contribution in [3.05, 3.63) is 59.7 Å². The smallest absolute Gasteiger partial charge is 0.326 e. The van der Waals surface area contributed by atoms with Crippen molar-refractivity contribution in [2.24, 2.45) is 11.7 Å². The van der Waals surface area contributed by atoms with E-state index < -0.39 is 60.2 Å². The maximum atomic E-state index is 13.3. The van der Waals surface area contributed by atoms with Gasteiger partial charge in [-0.25, -0.2) is 4.79 Å². The monoisotopic (exact) mass is 572 g/mol. The number of carbonyl (C=O) groups excluding carboxylic acids is 3. The van der Waals surface area contributed by atoms with E-state index in [1.165, 1.54) is 48.5 Å². The third-order valence-electron chi connectivity index (χ3n) is 6.07. The molecule has 3 amide bonds. The number of amides is 3. The molecule has 0 aliphatic heterocycles. The number of nitrogens with one attached hydrogen (secondary N) is 3. The first-order valence-electron chi connectivity index (χ1n) is 12.9. The Hall–Kier alpha value is -4.65. The van der Waals surface area contributed by atoms with Crippen LogP contribution in [0, 0.1) is 5.92 Å². The van der Waals surface area contributed by atoms with Crippen molar-refractivity contribution in [3.63, 3.8) is 0 Å². The van der Waals surface area contributed by atoms with E-state index in [2.05, 4.69) is 16.0 Å². The van der Waals surface area contributed by atoms with Gasteiger partial charge >= 0.3 is 11.9 Å². The number of rotatable bonds is 15. The van der Waals surface area contributed by atoms with Gasteiger partial charge in [0.1, 0.15) is 29.6 Å². The molecular weight excluding hydrogens is 536 g/mol. The fourth-order valence-electron chi connectivity index (χ4n) is 3.97. The first-order valence-corrected chi connectivity index (χ1v) is 12.9. The number of phenolic OH excluding ortho intramolecular Hbond substituents is 2. The second-order valence-electron chi connectivity index (χ2n) is 10.1. The number of benzene rings is 2. The van der Waals surface area contributed by atoms with Crippen molar-refractivity contribution in [3.8, 4) is 11.5 Å². The number of aliphatic carboxylic acids is 2. The van der Waals surface area contributed by atoms with E-state index in [0.29, 0.717) is 11.1 Å². The fraction of sp³-hybridized carbons (Fsp3) is 0.393. The summed E-state index contributed by atoms with van der Waals surface area (Å²) in [5.41, 5.74) is 6.87. The zero-order valence-corrected chi connectivity index (χ0v) is 22.7. The summed E-state index contributed by atoms with van der Waals surface area (Å²) in [6, 6.07) is 6.09. The van der Waals surface area contributed by atoms with Gasteiger partial charge in [0.05, 0.1) is 12.5 Å². The number of phenols is 2. The van der Waals surface area contributed by atoms with E-state index in [4.69, 9.17) is 5.73 Å². The standard InChI is InChI=1S/C28H36N4O9/c1-15(2)11-20(29)25(37)30-22(14-24(35)36)27(39)31-21(12-16-3-7-18(33)8-4-16)26(38)32-23(28(40)41)13-17-5-9-19(34)10-6-17/h3-10,15,20-23,33-34H,11-14,29H2,1-2H3,(H,30,37)(H,31,39)(H,32,38)(H,35,36)(H,40,41). The maximum absolute atomic E-state index is 13.3. The van der Waals surface area contributed by atoms with Gasteiger partial charge in [0, 0.05) is 12.8 Å². The highest BCUT2D eigenvalue weighted by atomic mass is 16.4. The third-order valence-corrected chi connectivity index (χ3v) is 6.07. The molecule has 4 unspecified atom stereocenters. The molecule has 0 heterocycles. The average Bonchev–Trinajstić information content (AvgIpc) is 2.89. The van der Waals surface area contributed by atoms with E-state index in [1.54, 1.807) is 0 Å². The summed E-state index contributed by atoms with van der Waals surface area (Å²) in [6.45, 7) is 3.68. The molecule has 0 saturated heterocycles. The van der Waals surface area contributed by atoms with Crippen LogP contribution in [-0.4, -0.2) is 74.3 Å². The van der Waals surface area contributed by atoms with E-state index in [-0.39, 0.29) is 36.7 Å². The second kappa shape index (κ2) is 15.2. The van der Waals surface area contributed by atoms with Crippen LogP contribution in [0.2, 0.25) is 0 Å². The zero-order chi connectivity index (χ0) is 30.7. The predicted octanol–water partition coefficient (Wildman–Crippen LogP) is 0.270. The fourth-order valence-corrected chi connectivity index (χ4v) is 3.97. The summed E-state index contributed by atoms with van der Waals surface area (Å²) in [5.74, 6) is -5.34. The van der Waals surface area contributed by atoms with Gasteiger partial charge in [-0.1, -0.05) is 38.1 Å². The number of carboxylic acid groups (broad SMARTS) is 2. The van der Waals surface area contributed by atoms with Crippen molar-refractivity contribution < 1.29 is 44.4 Å². The van der Waals surface area contributed by atoms with Crippen molar-refractivity contribution in [2.75, 3.05) is 0 Å². The molecule has 41 heavy (non-hydrogen) atoms. The molecule has 2 rings (SSSR count). The number of nitrogens with two attached hydrogens (primary N) is 1. The van der Waals surface area contributed by atoms with Gasteiger partial charge in [-0.05, 0) is 47.7 Å². The van der Waals surface area contributed by atoms with Crippen LogP contribution in [0.15, 0.2) is 48.5 Å². The van der Waals surface area contributed by atoms with Crippen molar-refractivity contribution in [1.29, 1.82) is 0 Å². The van der Waals surface area contributed by atoms with Gasteiger partial charge < -0.3 is 42.1 Å². The van der Waals surface area contributed by atoms with Crippen LogP contribution < -0.4 is 21.7 Å². The molecular formula is C28H36N4O9. The van der Waals surface area contributed by atoms with E-state index >= 15 is 0 Å². The van der Waals surface area contributed by atoms with E-state index in [9.17, 15) is 44.4 Å². The molecule has 0 bridgehead atoms. The second-order valence-corrected chi connectivity index (χ2v) is 10.1. The Labute approximate surface area is 236 Å². The van der Waals surface area contributed by atoms with Crippen LogP contribution in [0.1, 0.15) is 37.8 Å².